The van der Waals surface area contributed by atoms with E-state index in [1.165, 1.54) is 32.6 Å². The first-order valence-corrected chi connectivity index (χ1v) is 12.3. The van der Waals surface area contributed by atoms with Gasteiger partial charge >= 0.3 is 0 Å². The van der Waals surface area contributed by atoms with Crippen molar-refractivity contribution in [1.29, 1.82) is 0 Å². The molecule has 0 bridgehead atoms. The second-order valence-corrected chi connectivity index (χ2v) is 9.70. The van der Waals surface area contributed by atoms with E-state index in [0.29, 0.717) is 12.8 Å². The summed E-state index contributed by atoms with van der Waals surface area (Å²) >= 11 is 0. The van der Waals surface area contributed by atoms with Crippen LogP contribution in [0.15, 0.2) is 54.6 Å². The predicted octanol–water partition coefficient (Wildman–Crippen LogP) is 3.30. The zero-order valence-corrected chi connectivity index (χ0v) is 19.4. The molecule has 0 aliphatic rings. The topological polar surface area (TPSA) is 112 Å². The summed E-state index contributed by atoms with van der Waals surface area (Å²) in [5.41, 5.74) is 2.98. The smallest absolute Gasteiger partial charge is 0.261 e. The number of aromatic nitrogens is 1. The molecule has 0 saturated heterocycles. The van der Waals surface area contributed by atoms with Gasteiger partial charge in [-0.25, -0.2) is 0 Å². The van der Waals surface area contributed by atoms with Crippen molar-refractivity contribution in [1.82, 2.24) is 9.88 Å². The van der Waals surface area contributed by atoms with Crippen LogP contribution < -0.4 is 5.32 Å². The molecule has 0 spiro atoms. The molecule has 4 aromatic rings. The van der Waals surface area contributed by atoms with Crippen LogP contribution in [-0.2, 0) is 23.2 Å². The second kappa shape index (κ2) is 9.56. The van der Waals surface area contributed by atoms with Crippen LogP contribution in [0.5, 0.6) is 0 Å². The minimum absolute atomic E-state index is 0.109. The monoisotopic (exact) mass is 458 g/mol. The van der Waals surface area contributed by atoms with Gasteiger partial charge in [-0.1, -0.05) is 36.4 Å². The van der Waals surface area contributed by atoms with Gasteiger partial charge in [0, 0.05) is 34.9 Å². The van der Waals surface area contributed by atoms with Gasteiger partial charge in [0.05, 0.1) is 25.0 Å². The van der Waals surface area contributed by atoms with E-state index >= 15 is 0 Å². The fourth-order valence-corrected chi connectivity index (χ4v) is 3.85. The van der Waals surface area contributed by atoms with Gasteiger partial charge in [0.2, 0.25) is 0 Å². The third kappa shape index (κ3) is 5.28. The standard InChI is InChI=1S/C23H26N2O2.CH4O3S/c1-3-25-21-10-5-4-9-18(21)20-11-16-7-6-8-17(19(16)12-22(20)25)13-24-23(2,14-26)15-27;1-5(2,3)4/h4-12,24,26-27H,3,13-15H2,1-2H3;1H3,(H,2,3,4). The van der Waals surface area contributed by atoms with Gasteiger partial charge in [-0.05, 0) is 48.4 Å². The van der Waals surface area contributed by atoms with Crippen molar-refractivity contribution in [2.45, 2.75) is 32.5 Å². The first kappa shape index (κ1) is 24.2. The van der Waals surface area contributed by atoms with Crippen molar-refractivity contribution < 1.29 is 23.2 Å². The summed E-state index contributed by atoms with van der Waals surface area (Å²) in [4.78, 5) is 0. The van der Waals surface area contributed by atoms with Crippen LogP contribution in [0.2, 0.25) is 0 Å². The first-order chi connectivity index (χ1) is 15.1. The van der Waals surface area contributed by atoms with Gasteiger partial charge in [-0.3, -0.25) is 4.55 Å². The number of aryl methyl sites for hydroxylation is 1. The highest BCUT2D eigenvalue weighted by atomic mass is 32.2. The lowest BCUT2D eigenvalue weighted by Crippen LogP contribution is -2.48. The zero-order chi connectivity index (χ0) is 23.5. The molecule has 0 fully saturated rings. The molecular formula is C24H30N2O5S. The van der Waals surface area contributed by atoms with Crippen LogP contribution in [0.1, 0.15) is 19.4 Å². The number of hydrogen-bond acceptors (Lipinski definition) is 5. The SMILES string of the molecule is CCn1c2ccccc2c2cc3cccc(CNC(C)(CO)CO)c3cc21.CS(=O)(=O)O. The maximum atomic E-state index is 9.54. The van der Waals surface area contributed by atoms with Crippen molar-refractivity contribution >= 4 is 42.7 Å². The van der Waals surface area contributed by atoms with E-state index in [0.717, 1.165) is 12.1 Å². The molecule has 0 aliphatic heterocycles. The summed E-state index contributed by atoms with van der Waals surface area (Å²) < 4.78 is 28.2. The normalized spacial score (nSPS) is 12.3. The molecule has 7 nitrogen and oxygen atoms in total. The largest absolute Gasteiger partial charge is 0.394 e. The molecular weight excluding hydrogens is 428 g/mol. The average Bonchev–Trinajstić information content (AvgIpc) is 3.07. The molecule has 0 saturated carbocycles. The molecule has 32 heavy (non-hydrogen) atoms. The Kier molecular flexibility index (Phi) is 7.22. The number of aliphatic hydroxyl groups excluding tert-OH is 2. The highest BCUT2D eigenvalue weighted by molar-refractivity contribution is 7.85. The quantitative estimate of drug-likeness (QED) is 0.330. The predicted molar refractivity (Wildman–Crippen MR) is 130 cm³/mol. The van der Waals surface area contributed by atoms with E-state index in [4.69, 9.17) is 4.55 Å². The molecule has 3 aromatic carbocycles. The number of rotatable bonds is 6. The summed E-state index contributed by atoms with van der Waals surface area (Å²) in [6.45, 7) is 5.30. The van der Waals surface area contributed by atoms with Gasteiger partial charge in [0.15, 0.2) is 0 Å². The molecule has 0 unspecified atom stereocenters. The van der Waals surface area contributed by atoms with E-state index in [1.807, 2.05) is 6.92 Å². The first-order valence-electron chi connectivity index (χ1n) is 10.4. The van der Waals surface area contributed by atoms with E-state index in [-0.39, 0.29) is 13.2 Å². The Morgan fingerprint density at radius 2 is 1.59 bits per heavy atom. The van der Waals surface area contributed by atoms with Gasteiger partial charge in [0.25, 0.3) is 10.1 Å². The number of aliphatic hydroxyl groups is 2. The molecule has 1 heterocycles. The highest BCUT2D eigenvalue weighted by Gasteiger charge is 2.21. The number of hydrogen-bond donors (Lipinski definition) is 4. The summed E-state index contributed by atoms with van der Waals surface area (Å²) in [5, 5.41) is 27.4. The van der Waals surface area contributed by atoms with Crippen molar-refractivity contribution in [3.63, 3.8) is 0 Å². The van der Waals surface area contributed by atoms with Gasteiger partial charge in [-0.15, -0.1) is 0 Å². The van der Waals surface area contributed by atoms with Gasteiger partial charge < -0.3 is 20.1 Å². The molecule has 4 N–H and O–H groups in total. The van der Waals surface area contributed by atoms with Crippen molar-refractivity contribution in [3.05, 3.63) is 60.2 Å². The Balaban J connectivity index is 0.000000523. The number of fused-ring (bicyclic) bond motifs is 4. The summed E-state index contributed by atoms with van der Waals surface area (Å²) in [7, 11) is -3.67. The summed E-state index contributed by atoms with van der Waals surface area (Å²) in [5.74, 6) is 0. The molecule has 1 aromatic heterocycles. The lowest BCUT2D eigenvalue weighted by atomic mass is 10.00. The molecule has 4 rings (SSSR count). The molecule has 0 radical (unpaired) electrons. The van der Waals surface area contributed by atoms with Crippen LogP contribution in [0.25, 0.3) is 32.6 Å². The molecule has 0 atom stereocenters. The average molecular weight is 459 g/mol. The number of benzene rings is 3. The van der Waals surface area contributed by atoms with Crippen molar-refractivity contribution in [2.24, 2.45) is 0 Å². The highest BCUT2D eigenvalue weighted by Crippen LogP contribution is 2.33. The van der Waals surface area contributed by atoms with E-state index in [1.54, 1.807) is 0 Å². The molecule has 0 aliphatic carbocycles. The number of nitrogens with zero attached hydrogens (tertiary/aromatic N) is 1. The molecule has 172 valence electrons. The van der Waals surface area contributed by atoms with E-state index < -0.39 is 15.7 Å². The fraction of sp³-hybridized carbons (Fsp3) is 0.333. The van der Waals surface area contributed by atoms with Crippen LogP contribution in [0.4, 0.5) is 0 Å². The fourth-order valence-electron chi connectivity index (χ4n) is 3.85. The lowest BCUT2D eigenvalue weighted by Gasteiger charge is -2.26. The van der Waals surface area contributed by atoms with Gasteiger partial charge in [0.1, 0.15) is 0 Å². The lowest BCUT2D eigenvalue weighted by molar-refractivity contribution is 0.103. The maximum Gasteiger partial charge on any atom is 0.261 e. The van der Waals surface area contributed by atoms with Crippen molar-refractivity contribution in [2.75, 3.05) is 19.5 Å². The van der Waals surface area contributed by atoms with Crippen LogP contribution in [0.3, 0.4) is 0 Å². The van der Waals surface area contributed by atoms with Crippen LogP contribution in [0, 0.1) is 0 Å². The summed E-state index contributed by atoms with van der Waals surface area (Å²) in [6, 6.07) is 19.4. The minimum atomic E-state index is -3.67. The Morgan fingerprint density at radius 1 is 0.938 bits per heavy atom. The van der Waals surface area contributed by atoms with Gasteiger partial charge in [-0.2, -0.15) is 8.42 Å². The molecule has 8 heteroatoms. The van der Waals surface area contributed by atoms with Crippen LogP contribution in [-0.4, -0.2) is 52.8 Å². The Labute approximate surface area is 188 Å². The Bertz CT molecular complexity index is 1330. The number of para-hydroxylation sites is 1. The maximum absolute atomic E-state index is 9.54. The van der Waals surface area contributed by atoms with E-state index in [2.05, 4.69) is 71.4 Å². The third-order valence-corrected chi connectivity index (χ3v) is 5.58. The van der Waals surface area contributed by atoms with E-state index in [9.17, 15) is 18.6 Å². The zero-order valence-electron chi connectivity index (χ0n) is 18.5. The second-order valence-electron chi connectivity index (χ2n) is 8.23. The summed E-state index contributed by atoms with van der Waals surface area (Å²) in [6.07, 6.45) is 0.715. The number of nitrogens with one attached hydrogen (secondary N) is 1. The molecule has 0 amide bonds. The Hall–Kier alpha value is -2.49. The third-order valence-electron chi connectivity index (χ3n) is 5.58. The van der Waals surface area contributed by atoms with Crippen LogP contribution >= 0.6 is 0 Å². The van der Waals surface area contributed by atoms with Crippen molar-refractivity contribution in [3.8, 4) is 0 Å². The Morgan fingerprint density at radius 3 is 2.22 bits per heavy atom. The minimum Gasteiger partial charge on any atom is -0.394 e.